The molecule has 6 aromatic carbocycles. The van der Waals surface area contributed by atoms with Gasteiger partial charge in [0, 0.05) is 106 Å². The van der Waals surface area contributed by atoms with Crippen LogP contribution in [0.2, 0.25) is 0 Å². The molecule has 0 fully saturated rings. The molecular formula is C66H78N6NaO12+. The molecule has 6 bridgehead atoms. The first-order valence-electron chi connectivity index (χ1n) is 28.6. The van der Waals surface area contributed by atoms with Crippen LogP contribution in [-0.4, -0.2) is 109 Å². The Balaban J connectivity index is 0.0000116. The molecule has 6 amide bonds. The van der Waals surface area contributed by atoms with Crippen molar-refractivity contribution in [1.29, 1.82) is 0 Å². The quantitative estimate of drug-likeness (QED) is 0.0598. The Labute approximate surface area is 521 Å². The number of carbonyl (C=O) groups is 6. The second-order valence-electron chi connectivity index (χ2n) is 20.4. The molecule has 0 saturated carbocycles. The van der Waals surface area contributed by atoms with Crippen LogP contribution in [0.5, 0.6) is 17.2 Å². The first-order valence-corrected chi connectivity index (χ1v) is 28.6. The first-order chi connectivity index (χ1) is 40.5. The van der Waals surface area contributed by atoms with Crippen molar-refractivity contribution in [2.24, 2.45) is 0 Å². The van der Waals surface area contributed by atoms with Gasteiger partial charge in [-0.3, -0.25) is 28.8 Å². The third-order valence-electron chi connectivity index (χ3n) is 14.4. The van der Waals surface area contributed by atoms with Crippen molar-refractivity contribution in [3.05, 3.63) is 176 Å². The Kier molecular flexibility index (Phi) is 25.6. The summed E-state index contributed by atoms with van der Waals surface area (Å²) in [4.78, 5) is 89.2. The van der Waals surface area contributed by atoms with Crippen LogP contribution in [-0.2, 0) is 68.2 Å². The van der Waals surface area contributed by atoms with E-state index in [1.807, 2.05) is 98.7 Å². The SMILES string of the molecule is CCN(CC)C(=O)COc1c2cc(C(=O)Nc3ccc(C)cc3)cc1COCc1cc(C(=O)Nc3ccc(C)cc3)cc(c1OCC(=O)N(CC)CC)COCc1cc(C(=O)Nc3ccc(C)cc3)cc(c1OCC(=O)N(CC)CC)COC2.[Na+]. The molecule has 19 heteroatoms. The Morgan fingerprint density at radius 1 is 0.365 bits per heavy atom. The molecule has 7 rings (SSSR count). The number of rotatable bonds is 21. The molecule has 0 unspecified atom stereocenters. The molecule has 444 valence electrons. The molecular weight excluding hydrogens is 1090 g/mol. The number of likely N-dealkylation sites (N-methyl/N-ethyl adjacent to an activating group) is 3. The van der Waals surface area contributed by atoms with Crippen LogP contribution in [0.25, 0.3) is 0 Å². The van der Waals surface area contributed by atoms with Gasteiger partial charge in [-0.15, -0.1) is 0 Å². The van der Waals surface area contributed by atoms with Gasteiger partial charge in [-0.05, 0) is 135 Å². The van der Waals surface area contributed by atoms with Gasteiger partial charge in [-0.1, -0.05) is 53.1 Å². The minimum Gasteiger partial charge on any atom is -0.483 e. The number of benzene rings is 6. The first kappa shape index (κ1) is 66.6. The number of nitrogens with one attached hydrogen (secondary N) is 3. The molecule has 0 atom stereocenters. The van der Waals surface area contributed by atoms with Gasteiger partial charge in [0.05, 0.1) is 39.6 Å². The molecule has 0 aromatic heterocycles. The van der Waals surface area contributed by atoms with E-state index in [1.165, 1.54) is 0 Å². The zero-order valence-electron chi connectivity index (χ0n) is 50.7. The molecule has 1 aliphatic heterocycles. The van der Waals surface area contributed by atoms with Crippen LogP contribution in [0.15, 0.2) is 109 Å². The molecule has 1 aliphatic rings. The van der Waals surface area contributed by atoms with Crippen LogP contribution in [0.1, 0.15) is 123 Å². The minimum atomic E-state index is -0.453. The van der Waals surface area contributed by atoms with Gasteiger partial charge < -0.3 is 59.1 Å². The number of nitrogens with zero attached hydrogens (tertiary/aromatic N) is 3. The average molecular weight is 1170 g/mol. The largest absolute Gasteiger partial charge is 1.00 e. The smallest absolute Gasteiger partial charge is 0.483 e. The molecule has 6 aromatic rings. The summed E-state index contributed by atoms with van der Waals surface area (Å²) < 4.78 is 39.3. The summed E-state index contributed by atoms with van der Waals surface area (Å²) in [5.74, 6) is -1.53. The fourth-order valence-electron chi connectivity index (χ4n) is 9.59. The topological polar surface area (TPSA) is 204 Å². The van der Waals surface area contributed by atoms with Crippen LogP contribution >= 0.6 is 0 Å². The summed E-state index contributed by atoms with van der Waals surface area (Å²) in [6.45, 7) is 17.5. The van der Waals surface area contributed by atoms with E-state index in [4.69, 9.17) is 28.4 Å². The van der Waals surface area contributed by atoms with Crippen molar-refractivity contribution in [3.63, 3.8) is 0 Å². The molecule has 1 heterocycles. The third-order valence-corrected chi connectivity index (χ3v) is 14.4. The maximum atomic E-state index is 14.4. The van der Waals surface area contributed by atoms with E-state index in [9.17, 15) is 28.8 Å². The molecule has 0 radical (unpaired) electrons. The van der Waals surface area contributed by atoms with Crippen LogP contribution in [0.3, 0.4) is 0 Å². The van der Waals surface area contributed by atoms with Gasteiger partial charge in [0.25, 0.3) is 35.4 Å². The zero-order valence-corrected chi connectivity index (χ0v) is 52.7. The normalized spacial score (nSPS) is 12.2. The number of anilines is 3. The van der Waals surface area contributed by atoms with Gasteiger partial charge in [0.1, 0.15) is 17.2 Å². The fourth-order valence-corrected chi connectivity index (χ4v) is 9.59. The predicted octanol–water partition coefficient (Wildman–Crippen LogP) is 7.58. The van der Waals surface area contributed by atoms with Gasteiger partial charge in [-0.25, -0.2) is 0 Å². The van der Waals surface area contributed by atoms with E-state index in [2.05, 4.69) is 16.0 Å². The molecule has 0 spiro atoms. The summed E-state index contributed by atoms with van der Waals surface area (Å²) in [5.41, 5.74) is 7.62. The van der Waals surface area contributed by atoms with E-state index in [0.717, 1.165) is 16.7 Å². The van der Waals surface area contributed by atoms with Gasteiger partial charge in [-0.2, -0.15) is 0 Å². The van der Waals surface area contributed by atoms with Crippen molar-refractivity contribution < 1.29 is 86.7 Å². The van der Waals surface area contributed by atoms with E-state index >= 15 is 0 Å². The monoisotopic (exact) mass is 1170 g/mol. The van der Waals surface area contributed by atoms with Crippen molar-refractivity contribution >= 4 is 52.5 Å². The standard InChI is InChI=1S/C66H78N6O12.Na/c1-10-70(11-2)58(73)40-82-61-49-28-46(64(76)67-55-22-16-43(7)17-23-55)29-50(61)35-80-37-52-31-48(66(78)69-57-26-20-45(9)21-27-57)33-54(63(52)84-42-60(75)72(14-5)15-6)39-81-38-53-32-47(65(77)68-56-24-18-44(8)19-25-56)30-51(36-79-34-49)62(53)83-41-59(74)71(12-3)13-4;/h16-33H,10-15,34-42H2,1-9H3,(H,67,76)(H,68,77)(H,69,78);/q;+1. The second-order valence-corrected chi connectivity index (χ2v) is 20.4. The number of ether oxygens (including phenoxy) is 6. The number of hydrogen-bond donors (Lipinski definition) is 3. The van der Waals surface area contributed by atoms with Gasteiger partial charge in [0.15, 0.2) is 19.8 Å². The Morgan fingerprint density at radius 3 is 0.753 bits per heavy atom. The number of amides is 6. The average Bonchev–Trinajstić information content (AvgIpc) is 3.54. The van der Waals surface area contributed by atoms with Crippen molar-refractivity contribution in [3.8, 4) is 17.2 Å². The molecule has 0 saturated heterocycles. The van der Waals surface area contributed by atoms with Crippen molar-refractivity contribution in [2.45, 2.75) is 102 Å². The second kappa shape index (κ2) is 32.6. The van der Waals surface area contributed by atoms with Crippen molar-refractivity contribution in [2.75, 3.05) is 75.0 Å². The predicted molar refractivity (Wildman–Crippen MR) is 322 cm³/mol. The van der Waals surface area contributed by atoms with E-state index in [1.54, 1.807) is 87.5 Å². The van der Waals surface area contributed by atoms with E-state index in [0.29, 0.717) is 89.7 Å². The maximum absolute atomic E-state index is 14.4. The number of hydrogen-bond acceptors (Lipinski definition) is 12. The van der Waals surface area contributed by atoms with Gasteiger partial charge in [0.2, 0.25) is 0 Å². The zero-order chi connectivity index (χ0) is 60.3. The van der Waals surface area contributed by atoms with Crippen LogP contribution in [0, 0.1) is 20.8 Å². The molecule has 18 nitrogen and oxygen atoms in total. The Morgan fingerprint density at radius 2 is 0.565 bits per heavy atom. The van der Waals surface area contributed by atoms with Crippen LogP contribution < -0.4 is 59.7 Å². The summed E-state index contributed by atoms with van der Waals surface area (Å²) in [6.07, 6.45) is 0. The van der Waals surface area contributed by atoms with Gasteiger partial charge >= 0.3 is 29.6 Å². The number of carbonyl (C=O) groups excluding carboxylic acids is 6. The maximum Gasteiger partial charge on any atom is 1.00 e. The molecule has 0 aliphatic carbocycles. The Bertz CT molecular complexity index is 2850. The number of aryl methyl sites for hydroxylation is 3. The summed E-state index contributed by atoms with van der Waals surface area (Å²) in [7, 11) is 0. The van der Waals surface area contributed by atoms with E-state index in [-0.39, 0.29) is 141 Å². The summed E-state index contributed by atoms with van der Waals surface area (Å²) >= 11 is 0. The van der Waals surface area contributed by atoms with Crippen LogP contribution in [0.4, 0.5) is 17.1 Å². The van der Waals surface area contributed by atoms with E-state index < -0.39 is 17.7 Å². The number of fused-ring (bicyclic) bond motifs is 6. The Hall–Kier alpha value is -7.58. The molecule has 85 heavy (non-hydrogen) atoms. The van der Waals surface area contributed by atoms with Crippen molar-refractivity contribution in [1.82, 2.24) is 14.7 Å². The fraction of sp³-hybridized carbons (Fsp3) is 0.364. The summed E-state index contributed by atoms with van der Waals surface area (Å²) in [6, 6.07) is 31.9. The third kappa shape index (κ3) is 18.5. The minimum absolute atomic E-state index is 0. The summed E-state index contributed by atoms with van der Waals surface area (Å²) in [5, 5.41) is 8.97. The molecule has 3 N–H and O–H groups in total.